The second-order valence-electron chi connectivity index (χ2n) is 6.91. The van der Waals surface area contributed by atoms with Gasteiger partial charge >= 0.3 is 6.09 Å². The van der Waals surface area contributed by atoms with Gasteiger partial charge < -0.3 is 9.64 Å². The molecule has 1 aliphatic heterocycles. The first kappa shape index (κ1) is 17.2. The van der Waals surface area contributed by atoms with Gasteiger partial charge in [-0.3, -0.25) is 10.2 Å². The van der Waals surface area contributed by atoms with Crippen LogP contribution in [0.5, 0.6) is 0 Å². The number of rotatable bonds is 4. The van der Waals surface area contributed by atoms with E-state index in [1.165, 1.54) is 17.8 Å². The molecule has 0 bridgehead atoms. The summed E-state index contributed by atoms with van der Waals surface area (Å²) in [5.41, 5.74) is 0.497. The van der Waals surface area contributed by atoms with E-state index in [-0.39, 0.29) is 0 Å². The quantitative estimate of drug-likeness (QED) is 0.922. The van der Waals surface area contributed by atoms with Crippen molar-refractivity contribution in [1.29, 1.82) is 0 Å². The van der Waals surface area contributed by atoms with Gasteiger partial charge in [-0.15, -0.1) is 11.3 Å². The van der Waals surface area contributed by atoms with Crippen LogP contribution in [-0.2, 0) is 11.3 Å². The molecule has 0 unspecified atom stereocenters. The molecule has 1 amide bonds. The first-order valence-corrected chi connectivity index (χ1v) is 8.44. The minimum absolute atomic E-state index is 0.456. The van der Waals surface area contributed by atoms with Crippen LogP contribution in [0.3, 0.4) is 0 Å². The summed E-state index contributed by atoms with van der Waals surface area (Å²) in [7, 11) is 4.25. The first-order chi connectivity index (χ1) is 10.2. The van der Waals surface area contributed by atoms with Crippen LogP contribution in [-0.4, -0.2) is 59.7 Å². The number of anilines is 1. The van der Waals surface area contributed by atoms with Crippen LogP contribution in [0, 0.1) is 0 Å². The van der Waals surface area contributed by atoms with E-state index in [0.717, 1.165) is 25.3 Å². The topological polar surface area (TPSA) is 57.7 Å². The number of hydrogen-bond donors (Lipinski definition) is 1. The molecule has 124 valence electrons. The van der Waals surface area contributed by atoms with E-state index in [0.29, 0.717) is 11.2 Å². The number of ether oxygens (including phenoxy) is 1. The molecule has 1 aliphatic rings. The maximum Gasteiger partial charge on any atom is 0.413 e. The Morgan fingerprint density at radius 3 is 2.86 bits per heavy atom. The summed E-state index contributed by atoms with van der Waals surface area (Å²) < 4.78 is 5.23. The van der Waals surface area contributed by atoms with Gasteiger partial charge in [0.05, 0.1) is 5.69 Å². The Hall–Kier alpha value is -1.18. The monoisotopic (exact) mass is 326 g/mol. The number of likely N-dealkylation sites (N-methyl/N-ethyl adjacent to an activating group) is 1. The highest BCUT2D eigenvalue weighted by Crippen LogP contribution is 2.21. The third-order valence-corrected chi connectivity index (χ3v) is 4.33. The average Bonchev–Trinajstić information content (AvgIpc) is 2.97. The largest absolute Gasteiger partial charge is 0.444 e. The highest BCUT2D eigenvalue weighted by atomic mass is 32.1. The van der Waals surface area contributed by atoms with Crippen LogP contribution in [0.2, 0.25) is 0 Å². The molecule has 0 spiro atoms. The number of likely N-dealkylation sites (tertiary alicyclic amines) is 1. The molecule has 1 aromatic heterocycles. The highest BCUT2D eigenvalue weighted by molar-refractivity contribution is 7.13. The van der Waals surface area contributed by atoms with Gasteiger partial charge in [0.2, 0.25) is 0 Å². The zero-order valence-electron chi connectivity index (χ0n) is 14.0. The molecule has 0 aromatic carbocycles. The molecule has 6 nitrogen and oxygen atoms in total. The van der Waals surface area contributed by atoms with Crippen molar-refractivity contribution in [2.24, 2.45) is 0 Å². The first-order valence-electron chi connectivity index (χ1n) is 7.56. The van der Waals surface area contributed by atoms with Crippen molar-refractivity contribution >= 4 is 22.6 Å². The Kier molecular flexibility index (Phi) is 5.41. The standard InChI is InChI=1S/C15H26N4O2S/c1-15(2,3)21-14(20)17-13-16-11(10-22-13)8-19-7-6-12(9-19)18(4)5/h10,12H,6-9H2,1-5H3,(H,16,17,20)/t12-/m1/s1. The fourth-order valence-electron chi connectivity index (χ4n) is 2.43. The lowest BCUT2D eigenvalue weighted by atomic mass is 10.2. The Morgan fingerprint density at radius 1 is 1.55 bits per heavy atom. The molecule has 1 aromatic rings. The molecular weight excluding hydrogens is 300 g/mol. The summed E-state index contributed by atoms with van der Waals surface area (Å²) >= 11 is 1.43. The van der Waals surface area contributed by atoms with E-state index in [4.69, 9.17) is 4.74 Å². The molecule has 2 heterocycles. The van der Waals surface area contributed by atoms with Crippen LogP contribution in [0.4, 0.5) is 9.93 Å². The summed E-state index contributed by atoms with van der Waals surface area (Å²) in [4.78, 5) is 20.9. The number of carbonyl (C=O) groups is 1. The average molecular weight is 326 g/mol. The predicted molar refractivity (Wildman–Crippen MR) is 89.3 cm³/mol. The van der Waals surface area contributed by atoms with Gasteiger partial charge in [0, 0.05) is 31.1 Å². The molecule has 1 atom stereocenters. The Labute approximate surface area is 136 Å². The van der Waals surface area contributed by atoms with Gasteiger partial charge in [-0.25, -0.2) is 9.78 Å². The van der Waals surface area contributed by atoms with Gasteiger partial charge in [-0.05, 0) is 41.3 Å². The SMILES string of the molecule is CN(C)[C@@H]1CCN(Cc2csc(NC(=O)OC(C)(C)C)n2)C1. The maximum absolute atomic E-state index is 11.7. The predicted octanol–water partition coefficient (Wildman–Crippen LogP) is 2.63. The lowest BCUT2D eigenvalue weighted by molar-refractivity contribution is 0.0636. The second-order valence-corrected chi connectivity index (χ2v) is 7.77. The molecule has 1 N–H and O–H groups in total. The lowest BCUT2D eigenvalue weighted by Gasteiger charge is -2.19. The van der Waals surface area contributed by atoms with Crippen LogP contribution < -0.4 is 5.32 Å². The maximum atomic E-state index is 11.7. The number of nitrogens with zero attached hydrogens (tertiary/aromatic N) is 3. The van der Waals surface area contributed by atoms with Gasteiger partial charge in [-0.2, -0.15) is 0 Å². The number of aromatic nitrogens is 1. The number of nitrogens with one attached hydrogen (secondary N) is 1. The van der Waals surface area contributed by atoms with Crippen molar-refractivity contribution < 1.29 is 9.53 Å². The van der Waals surface area contributed by atoms with E-state index >= 15 is 0 Å². The summed E-state index contributed by atoms with van der Waals surface area (Å²) in [5, 5.41) is 5.28. The molecule has 1 fully saturated rings. The van der Waals surface area contributed by atoms with Gasteiger partial charge in [0.1, 0.15) is 5.60 Å². The molecule has 22 heavy (non-hydrogen) atoms. The van der Waals surface area contributed by atoms with Gasteiger partial charge in [-0.1, -0.05) is 0 Å². The number of hydrogen-bond acceptors (Lipinski definition) is 6. The fourth-order valence-corrected chi connectivity index (χ4v) is 3.12. The molecule has 7 heteroatoms. The van der Waals surface area contributed by atoms with Crippen molar-refractivity contribution in [3.63, 3.8) is 0 Å². The van der Waals surface area contributed by atoms with Crippen molar-refractivity contribution in [2.45, 2.75) is 45.4 Å². The van der Waals surface area contributed by atoms with Crippen LogP contribution in [0.1, 0.15) is 32.9 Å². The van der Waals surface area contributed by atoms with Crippen molar-refractivity contribution in [2.75, 3.05) is 32.5 Å². The number of thiazole rings is 1. The van der Waals surface area contributed by atoms with Gasteiger partial charge in [0.15, 0.2) is 5.13 Å². The molecule has 0 saturated carbocycles. The van der Waals surface area contributed by atoms with Crippen LogP contribution in [0.15, 0.2) is 5.38 Å². The molecule has 1 saturated heterocycles. The molecule has 0 aliphatic carbocycles. The zero-order valence-corrected chi connectivity index (χ0v) is 14.9. The minimum atomic E-state index is -0.499. The number of amides is 1. The van der Waals surface area contributed by atoms with Crippen molar-refractivity contribution in [3.8, 4) is 0 Å². The highest BCUT2D eigenvalue weighted by Gasteiger charge is 2.24. The van der Waals surface area contributed by atoms with Crippen LogP contribution >= 0.6 is 11.3 Å². The van der Waals surface area contributed by atoms with Gasteiger partial charge in [0.25, 0.3) is 0 Å². The zero-order chi connectivity index (χ0) is 16.3. The summed E-state index contributed by atoms with van der Waals surface area (Å²) in [6, 6.07) is 0.623. The van der Waals surface area contributed by atoms with E-state index in [1.54, 1.807) is 0 Å². The Bertz CT molecular complexity index is 510. The molecule has 0 radical (unpaired) electrons. The van der Waals surface area contributed by atoms with E-state index in [9.17, 15) is 4.79 Å². The van der Waals surface area contributed by atoms with E-state index in [2.05, 4.69) is 34.2 Å². The van der Waals surface area contributed by atoms with E-state index < -0.39 is 11.7 Å². The normalized spacial score (nSPS) is 19.6. The number of carbonyl (C=O) groups excluding carboxylic acids is 1. The lowest BCUT2D eigenvalue weighted by Crippen LogP contribution is -2.31. The fraction of sp³-hybridized carbons (Fsp3) is 0.733. The molecule has 2 rings (SSSR count). The molecular formula is C15H26N4O2S. The van der Waals surface area contributed by atoms with Crippen LogP contribution in [0.25, 0.3) is 0 Å². The van der Waals surface area contributed by atoms with Crippen molar-refractivity contribution in [3.05, 3.63) is 11.1 Å². The van der Waals surface area contributed by atoms with Crippen molar-refractivity contribution in [1.82, 2.24) is 14.8 Å². The second kappa shape index (κ2) is 6.93. The minimum Gasteiger partial charge on any atom is -0.444 e. The van der Waals surface area contributed by atoms with E-state index in [1.807, 2.05) is 26.2 Å². The Balaban J connectivity index is 1.83. The smallest absolute Gasteiger partial charge is 0.413 e. The summed E-state index contributed by atoms with van der Waals surface area (Å²) in [6.07, 6.45) is 0.738. The summed E-state index contributed by atoms with van der Waals surface area (Å²) in [5.74, 6) is 0. The summed E-state index contributed by atoms with van der Waals surface area (Å²) in [6.45, 7) is 8.52. The third kappa shape index (κ3) is 5.23. The third-order valence-electron chi connectivity index (χ3n) is 3.52. The Morgan fingerprint density at radius 2 is 2.27 bits per heavy atom.